The molecule has 3 heterocycles. The second-order valence-corrected chi connectivity index (χ2v) is 6.12. The van der Waals surface area contributed by atoms with Gasteiger partial charge < -0.3 is 15.0 Å². The molecule has 2 aromatic rings. The molecule has 1 fully saturated rings. The molecule has 6 heteroatoms. The van der Waals surface area contributed by atoms with Gasteiger partial charge in [0.1, 0.15) is 5.82 Å². The van der Waals surface area contributed by atoms with Crippen LogP contribution in [0.2, 0.25) is 0 Å². The SMILES string of the molecule is CC(C)c1ccnc(Nc2ccc(N3CCO[C@@H](C)C3)nc2)n1. The summed E-state index contributed by atoms with van der Waals surface area (Å²) in [7, 11) is 0. The van der Waals surface area contributed by atoms with Crippen LogP contribution in [0.5, 0.6) is 0 Å². The third-order valence-electron chi connectivity index (χ3n) is 3.84. The molecular weight excluding hydrogens is 290 g/mol. The molecule has 3 rings (SSSR count). The number of ether oxygens (including phenoxy) is 1. The van der Waals surface area contributed by atoms with Crippen molar-refractivity contribution in [2.24, 2.45) is 0 Å². The lowest BCUT2D eigenvalue weighted by molar-refractivity contribution is 0.0529. The van der Waals surface area contributed by atoms with E-state index in [2.05, 4.69) is 45.9 Å². The summed E-state index contributed by atoms with van der Waals surface area (Å²) >= 11 is 0. The van der Waals surface area contributed by atoms with Gasteiger partial charge in [-0.05, 0) is 31.0 Å². The van der Waals surface area contributed by atoms with E-state index in [0.717, 1.165) is 36.9 Å². The van der Waals surface area contributed by atoms with Crippen LogP contribution in [0.1, 0.15) is 32.4 Å². The second-order valence-electron chi connectivity index (χ2n) is 6.12. The topological polar surface area (TPSA) is 63.2 Å². The fourth-order valence-electron chi connectivity index (χ4n) is 2.56. The Labute approximate surface area is 136 Å². The first kappa shape index (κ1) is 15.7. The Bertz CT molecular complexity index is 644. The van der Waals surface area contributed by atoms with E-state index >= 15 is 0 Å². The van der Waals surface area contributed by atoms with Crippen molar-refractivity contribution < 1.29 is 4.74 Å². The first-order valence-electron chi connectivity index (χ1n) is 8.04. The van der Waals surface area contributed by atoms with Crippen molar-refractivity contribution in [1.82, 2.24) is 15.0 Å². The van der Waals surface area contributed by atoms with Gasteiger partial charge >= 0.3 is 0 Å². The zero-order chi connectivity index (χ0) is 16.2. The van der Waals surface area contributed by atoms with Gasteiger partial charge in [0.2, 0.25) is 5.95 Å². The standard InChI is InChI=1S/C17H23N5O/c1-12(2)15-6-7-18-17(21-15)20-14-4-5-16(19-10-14)22-8-9-23-13(3)11-22/h4-7,10,12-13H,8-9,11H2,1-3H3,(H,18,20,21)/t13-/m0/s1. The minimum atomic E-state index is 0.246. The molecule has 1 saturated heterocycles. The fraction of sp³-hybridized carbons (Fsp3) is 0.471. The molecule has 0 spiro atoms. The van der Waals surface area contributed by atoms with Crippen molar-refractivity contribution in [3.8, 4) is 0 Å². The van der Waals surface area contributed by atoms with Crippen molar-refractivity contribution in [2.75, 3.05) is 29.9 Å². The zero-order valence-corrected chi connectivity index (χ0v) is 13.9. The van der Waals surface area contributed by atoms with Crippen LogP contribution in [0.25, 0.3) is 0 Å². The number of hydrogen-bond donors (Lipinski definition) is 1. The highest BCUT2D eigenvalue weighted by Crippen LogP contribution is 2.19. The van der Waals surface area contributed by atoms with E-state index in [0.29, 0.717) is 11.9 Å². The molecular formula is C17H23N5O. The van der Waals surface area contributed by atoms with Gasteiger partial charge in [0, 0.05) is 25.0 Å². The number of anilines is 3. The van der Waals surface area contributed by atoms with E-state index in [1.807, 2.05) is 24.4 Å². The van der Waals surface area contributed by atoms with E-state index in [1.165, 1.54) is 0 Å². The Balaban J connectivity index is 1.69. The molecule has 0 bridgehead atoms. The second kappa shape index (κ2) is 6.91. The van der Waals surface area contributed by atoms with Gasteiger partial charge in [0.25, 0.3) is 0 Å². The Hall–Kier alpha value is -2.21. The largest absolute Gasteiger partial charge is 0.375 e. The number of pyridine rings is 1. The molecule has 1 aliphatic rings. The van der Waals surface area contributed by atoms with Gasteiger partial charge in [-0.1, -0.05) is 13.8 Å². The maximum Gasteiger partial charge on any atom is 0.227 e. The quantitative estimate of drug-likeness (QED) is 0.936. The van der Waals surface area contributed by atoms with Crippen molar-refractivity contribution in [3.05, 3.63) is 36.3 Å². The highest BCUT2D eigenvalue weighted by molar-refractivity contribution is 5.55. The van der Waals surface area contributed by atoms with Crippen LogP contribution in [0.4, 0.5) is 17.5 Å². The molecule has 0 aliphatic carbocycles. The highest BCUT2D eigenvalue weighted by Gasteiger charge is 2.17. The van der Waals surface area contributed by atoms with E-state index < -0.39 is 0 Å². The summed E-state index contributed by atoms with van der Waals surface area (Å²) in [5, 5.41) is 3.21. The molecule has 2 aromatic heterocycles. The summed E-state index contributed by atoms with van der Waals surface area (Å²) in [4.78, 5) is 15.6. The summed E-state index contributed by atoms with van der Waals surface area (Å²) in [5.41, 5.74) is 1.91. The highest BCUT2D eigenvalue weighted by atomic mass is 16.5. The molecule has 0 amide bonds. The molecule has 1 atom stereocenters. The first-order valence-corrected chi connectivity index (χ1v) is 8.04. The number of nitrogens with one attached hydrogen (secondary N) is 1. The minimum absolute atomic E-state index is 0.246. The molecule has 1 aliphatic heterocycles. The predicted octanol–water partition coefficient (Wildman–Crippen LogP) is 2.96. The van der Waals surface area contributed by atoms with Crippen LogP contribution in [0, 0.1) is 0 Å². The normalized spacial score (nSPS) is 18.3. The van der Waals surface area contributed by atoms with Crippen LogP contribution in [-0.4, -0.2) is 40.8 Å². The zero-order valence-electron chi connectivity index (χ0n) is 13.9. The smallest absolute Gasteiger partial charge is 0.227 e. The summed E-state index contributed by atoms with van der Waals surface area (Å²) in [6.07, 6.45) is 3.85. The van der Waals surface area contributed by atoms with Crippen molar-refractivity contribution >= 4 is 17.5 Å². The summed E-state index contributed by atoms with van der Waals surface area (Å²) in [6.45, 7) is 8.82. The maximum atomic E-state index is 5.56. The molecule has 1 N–H and O–H groups in total. The number of rotatable bonds is 4. The monoisotopic (exact) mass is 313 g/mol. The number of nitrogens with zero attached hydrogens (tertiary/aromatic N) is 4. The Morgan fingerprint density at radius 3 is 2.83 bits per heavy atom. The van der Waals surface area contributed by atoms with Crippen molar-refractivity contribution in [2.45, 2.75) is 32.8 Å². The third-order valence-corrected chi connectivity index (χ3v) is 3.84. The van der Waals surface area contributed by atoms with E-state index in [-0.39, 0.29) is 6.10 Å². The van der Waals surface area contributed by atoms with Gasteiger partial charge in [-0.3, -0.25) is 0 Å². The van der Waals surface area contributed by atoms with E-state index in [4.69, 9.17) is 4.74 Å². The van der Waals surface area contributed by atoms with Crippen LogP contribution in [0.15, 0.2) is 30.6 Å². The van der Waals surface area contributed by atoms with Gasteiger partial charge in [0.05, 0.1) is 24.6 Å². The third kappa shape index (κ3) is 3.96. The lowest BCUT2D eigenvalue weighted by Crippen LogP contribution is -2.41. The summed E-state index contributed by atoms with van der Waals surface area (Å²) < 4.78 is 5.56. The lowest BCUT2D eigenvalue weighted by Gasteiger charge is -2.32. The van der Waals surface area contributed by atoms with Crippen LogP contribution < -0.4 is 10.2 Å². The average molecular weight is 313 g/mol. The van der Waals surface area contributed by atoms with Crippen LogP contribution in [0.3, 0.4) is 0 Å². The lowest BCUT2D eigenvalue weighted by atomic mass is 10.1. The molecule has 0 aromatic carbocycles. The predicted molar refractivity (Wildman–Crippen MR) is 91.3 cm³/mol. The maximum absolute atomic E-state index is 5.56. The van der Waals surface area contributed by atoms with Crippen molar-refractivity contribution in [3.63, 3.8) is 0 Å². The van der Waals surface area contributed by atoms with E-state index in [1.54, 1.807) is 6.20 Å². The molecule has 0 radical (unpaired) electrons. The number of morpholine rings is 1. The van der Waals surface area contributed by atoms with Crippen LogP contribution in [-0.2, 0) is 4.74 Å². The van der Waals surface area contributed by atoms with Gasteiger partial charge in [-0.2, -0.15) is 0 Å². The van der Waals surface area contributed by atoms with E-state index in [9.17, 15) is 0 Å². The van der Waals surface area contributed by atoms with Gasteiger partial charge in [-0.15, -0.1) is 0 Å². The average Bonchev–Trinajstić information content (AvgIpc) is 2.56. The van der Waals surface area contributed by atoms with Crippen molar-refractivity contribution in [1.29, 1.82) is 0 Å². The molecule has 122 valence electrons. The molecule has 6 nitrogen and oxygen atoms in total. The molecule has 23 heavy (non-hydrogen) atoms. The Morgan fingerprint density at radius 2 is 2.13 bits per heavy atom. The summed E-state index contributed by atoms with van der Waals surface area (Å²) in [5.74, 6) is 1.95. The summed E-state index contributed by atoms with van der Waals surface area (Å²) in [6, 6.07) is 5.97. The van der Waals surface area contributed by atoms with Gasteiger partial charge in [0.15, 0.2) is 0 Å². The Morgan fingerprint density at radius 1 is 1.26 bits per heavy atom. The fourth-order valence-corrected chi connectivity index (χ4v) is 2.56. The molecule has 0 unspecified atom stereocenters. The number of hydrogen-bond acceptors (Lipinski definition) is 6. The van der Waals surface area contributed by atoms with Crippen LogP contribution >= 0.6 is 0 Å². The molecule has 0 saturated carbocycles. The minimum Gasteiger partial charge on any atom is -0.375 e. The number of aromatic nitrogens is 3. The Kier molecular flexibility index (Phi) is 4.71. The first-order chi connectivity index (χ1) is 11.1. The van der Waals surface area contributed by atoms with Gasteiger partial charge in [-0.25, -0.2) is 15.0 Å².